The summed E-state index contributed by atoms with van der Waals surface area (Å²) in [6, 6.07) is 12.4. The van der Waals surface area contributed by atoms with Crippen LogP contribution in [0.4, 0.5) is 11.4 Å². The van der Waals surface area contributed by atoms with E-state index in [-0.39, 0.29) is 30.2 Å². The Bertz CT molecular complexity index is 888. The van der Waals surface area contributed by atoms with Crippen LogP contribution in [0.1, 0.15) is 34.3 Å². The van der Waals surface area contributed by atoms with Crippen molar-refractivity contribution in [1.29, 1.82) is 0 Å². The fraction of sp³-hybridized carbons (Fsp3) is 0.286. The van der Waals surface area contributed by atoms with E-state index in [2.05, 4.69) is 16.0 Å². The third kappa shape index (κ3) is 5.17. The molecular weight excluding hydrogens is 342 g/mol. The van der Waals surface area contributed by atoms with Crippen LogP contribution in [0.2, 0.25) is 0 Å². The van der Waals surface area contributed by atoms with Crippen molar-refractivity contribution < 1.29 is 14.4 Å². The number of nitrogens with one attached hydrogen (secondary N) is 3. The molecule has 3 amide bonds. The highest BCUT2D eigenvalue weighted by Crippen LogP contribution is 2.30. The van der Waals surface area contributed by atoms with Crippen LogP contribution in [0.15, 0.2) is 42.5 Å². The fourth-order valence-corrected chi connectivity index (χ4v) is 2.62. The predicted molar refractivity (Wildman–Crippen MR) is 105 cm³/mol. The highest BCUT2D eigenvalue weighted by molar-refractivity contribution is 6.00. The summed E-state index contributed by atoms with van der Waals surface area (Å²) in [5, 5.41) is 8.18. The van der Waals surface area contributed by atoms with E-state index in [0.717, 1.165) is 24.0 Å². The summed E-state index contributed by atoms with van der Waals surface area (Å²) in [4.78, 5) is 36.1. The van der Waals surface area contributed by atoms with Gasteiger partial charge in [-0.2, -0.15) is 0 Å². The van der Waals surface area contributed by atoms with Gasteiger partial charge in [-0.15, -0.1) is 0 Å². The van der Waals surface area contributed by atoms with Crippen molar-refractivity contribution in [2.24, 2.45) is 5.92 Å². The van der Waals surface area contributed by atoms with Gasteiger partial charge in [-0.05, 0) is 68.1 Å². The van der Waals surface area contributed by atoms with Gasteiger partial charge in [0.25, 0.3) is 5.91 Å². The summed E-state index contributed by atoms with van der Waals surface area (Å²) < 4.78 is 0. The van der Waals surface area contributed by atoms with Crippen LogP contribution < -0.4 is 16.0 Å². The molecule has 2 aromatic rings. The lowest BCUT2D eigenvalue weighted by Gasteiger charge is -2.10. The molecule has 3 rings (SSSR count). The number of aryl methyl sites for hydroxylation is 2. The van der Waals surface area contributed by atoms with E-state index in [4.69, 9.17) is 0 Å². The van der Waals surface area contributed by atoms with Crippen molar-refractivity contribution >= 4 is 29.1 Å². The molecule has 140 valence electrons. The Labute approximate surface area is 158 Å². The Hall–Kier alpha value is -3.15. The normalized spacial score (nSPS) is 13.0. The lowest BCUT2D eigenvalue weighted by atomic mass is 10.1. The second-order valence-electron chi connectivity index (χ2n) is 6.87. The molecule has 0 unspecified atom stereocenters. The molecule has 0 bridgehead atoms. The van der Waals surface area contributed by atoms with Gasteiger partial charge >= 0.3 is 0 Å². The third-order valence-corrected chi connectivity index (χ3v) is 4.54. The van der Waals surface area contributed by atoms with Crippen LogP contribution >= 0.6 is 0 Å². The minimum atomic E-state index is -0.335. The monoisotopic (exact) mass is 365 g/mol. The Morgan fingerprint density at radius 1 is 0.926 bits per heavy atom. The van der Waals surface area contributed by atoms with Gasteiger partial charge in [-0.1, -0.05) is 12.1 Å². The van der Waals surface area contributed by atoms with Gasteiger partial charge in [0.2, 0.25) is 11.8 Å². The average molecular weight is 365 g/mol. The number of hydrogen-bond donors (Lipinski definition) is 3. The zero-order valence-corrected chi connectivity index (χ0v) is 15.5. The average Bonchev–Trinajstić information content (AvgIpc) is 3.47. The molecule has 1 saturated carbocycles. The minimum absolute atomic E-state index is 0.0131. The Kier molecular flexibility index (Phi) is 5.54. The first kappa shape index (κ1) is 18.6. The maximum Gasteiger partial charge on any atom is 0.251 e. The summed E-state index contributed by atoms with van der Waals surface area (Å²) in [7, 11) is 0. The fourth-order valence-electron chi connectivity index (χ4n) is 2.62. The molecule has 3 N–H and O–H groups in total. The van der Waals surface area contributed by atoms with E-state index >= 15 is 0 Å². The first-order chi connectivity index (χ1) is 12.9. The second-order valence-corrected chi connectivity index (χ2v) is 6.87. The summed E-state index contributed by atoms with van der Waals surface area (Å²) in [6.45, 7) is 3.78. The van der Waals surface area contributed by atoms with E-state index in [0.29, 0.717) is 16.9 Å². The van der Waals surface area contributed by atoms with Crippen LogP contribution in [0.5, 0.6) is 0 Å². The Morgan fingerprint density at radius 3 is 2.30 bits per heavy atom. The number of amides is 3. The summed E-state index contributed by atoms with van der Waals surface area (Å²) in [5.74, 6) is -0.500. The molecule has 1 aliphatic carbocycles. The van der Waals surface area contributed by atoms with Crippen molar-refractivity contribution in [1.82, 2.24) is 5.32 Å². The van der Waals surface area contributed by atoms with Gasteiger partial charge < -0.3 is 16.0 Å². The van der Waals surface area contributed by atoms with Crippen molar-refractivity contribution in [2.45, 2.75) is 26.7 Å². The number of benzene rings is 2. The molecule has 1 fully saturated rings. The maximum atomic E-state index is 12.2. The zero-order valence-electron chi connectivity index (χ0n) is 15.5. The van der Waals surface area contributed by atoms with E-state index in [1.54, 1.807) is 36.4 Å². The van der Waals surface area contributed by atoms with Crippen molar-refractivity contribution in [2.75, 3.05) is 17.2 Å². The molecule has 0 aromatic heterocycles. The number of carbonyl (C=O) groups is 3. The van der Waals surface area contributed by atoms with Crippen LogP contribution in [0, 0.1) is 19.8 Å². The molecule has 6 nitrogen and oxygen atoms in total. The SMILES string of the molecule is Cc1ccc(C(=O)NCC(=O)Nc2cccc(NC(=O)C3CC3)c2)cc1C. The van der Waals surface area contributed by atoms with Gasteiger partial charge in [0.05, 0.1) is 6.54 Å². The maximum absolute atomic E-state index is 12.2. The third-order valence-electron chi connectivity index (χ3n) is 4.54. The predicted octanol–water partition coefficient (Wildman–Crippen LogP) is 3.02. The first-order valence-electron chi connectivity index (χ1n) is 8.98. The van der Waals surface area contributed by atoms with Crippen LogP contribution in [-0.2, 0) is 9.59 Å². The molecule has 27 heavy (non-hydrogen) atoms. The number of rotatable bonds is 6. The van der Waals surface area contributed by atoms with Gasteiger partial charge in [-0.25, -0.2) is 0 Å². The van der Waals surface area contributed by atoms with E-state index < -0.39 is 0 Å². The molecule has 0 spiro atoms. The first-order valence-corrected chi connectivity index (χ1v) is 8.98. The van der Waals surface area contributed by atoms with E-state index in [1.165, 1.54) is 0 Å². The number of anilines is 2. The highest BCUT2D eigenvalue weighted by atomic mass is 16.2. The van der Waals surface area contributed by atoms with Crippen LogP contribution in [-0.4, -0.2) is 24.3 Å². The number of hydrogen-bond acceptors (Lipinski definition) is 3. The molecule has 1 aliphatic rings. The molecule has 6 heteroatoms. The molecule has 0 aliphatic heterocycles. The van der Waals surface area contributed by atoms with Gasteiger partial charge in [0.15, 0.2) is 0 Å². The van der Waals surface area contributed by atoms with Crippen LogP contribution in [0.3, 0.4) is 0 Å². The van der Waals surface area contributed by atoms with Crippen LogP contribution in [0.25, 0.3) is 0 Å². The van der Waals surface area contributed by atoms with Gasteiger partial charge in [0.1, 0.15) is 0 Å². The Morgan fingerprint density at radius 2 is 1.63 bits per heavy atom. The summed E-state index contributed by atoms with van der Waals surface area (Å²) in [6.07, 6.45) is 1.87. The standard InChI is InChI=1S/C21H23N3O3/c1-13-6-7-16(10-14(13)2)20(26)22-12-19(25)23-17-4-3-5-18(11-17)24-21(27)15-8-9-15/h3-7,10-11,15H,8-9,12H2,1-2H3,(H,22,26)(H,23,25)(H,24,27). The van der Waals surface area contributed by atoms with Gasteiger partial charge in [-0.3, -0.25) is 14.4 Å². The molecule has 0 heterocycles. The highest BCUT2D eigenvalue weighted by Gasteiger charge is 2.29. The molecule has 2 aromatic carbocycles. The van der Waals surface area contributed by atoms with E-state index in [9.17, 15) is 14.4 Å². The minimum Gasteiger partial charge on any atom is -0.343 e. The van der Waals surface area contributed by atoms with Gasteiger partial charge in [0, 0.05) is 22.9 Å². The topological polar surface area (TPSA) is 87.3 Å². The smallest absolute Gasteiger partial charge is 0.251 e. The largest absolute Gasteiger partial charge is 0.343 e. The number of carbonyl (C=O) groups excluding carboxylic acids is 3. The molecular formula is C21H23N3O3. The lowest BCUT2D eigenvalue weighted by Crippen LogP contribution is -2.32. The zero-order chi connectivity index (χ0) is 19.4. The van der Waals surface area contributed by atoms with Crippen molar-refractivity contribution in [3.05, 3.63) is 59.2 Å². The van der Waals surface area contributed by atoms with Crippen molar-refractivity contribution in [3.8, 4) is 0 Å². The molecule has 0 saturated heterocycles. The lowest BCUT2D eigenvalue weighted by molar-refractivity contribution is -0.117. The quantitative estimate of drug-likeness (QED) is 0.735. The van der Waals surface area contributed by atoms with E-state index in [1.807, 2.05) is 19.9 Å². The summed E-state index contributed by atoms with van der Waals surface area (Å²) in [5.41, 5.74) is 3.86. The second kappa shape index (κ2) is 8.03. The van der Waals surface area contributed by atoms with Crippen molar-refractivity contribution in [3.63, 3.8) is 0 Å². The summed E-state index contributed by atoms with van der Waals surface area (Å²) >= 11 is 0. The molecule has 0 radical (unpaired) electrons. The Balaban J connectivity index is 1.52. The molecule has 0 atom stereocenters.